The molecule has 0 aromatic heterocycles. The molecule has 0 amide bonds. The summed E-state index contributed by atoms with van der Waals surface area (Å²) in [5.74, 6) is 0. The summed E-state index contributed by atoms with van der Waals surface area (Å²) in [5.41, 5.74) is -0.323. The Kier molecular flexibility index (Phi) is 4.51. The van der Waals surface area contributed by atoms with Gasteiger partial charge in [-0.05, 0) is 32.1 Å². The summed E-state index contributed by atoms with van der Waals surface area (Å²) >= 11 is 0. The third kappa shape index (κ3) is 3.95. The Morgan fingerprint density at radius 1 is 1.15 bits per heavy atom. The summed E-state index contributed by atoms with van der Waals surface area (Å²) in [6, 6.07) is 0. The molecule has 0 radical (unpaired) electrons. The number of hydrogen-bond donors (Lipinski definition) is 1. The molecule has 0 bridgehead atoms. The molecular weight excluding hydrogens is 160 g/mol. The van der Waals surface area contributed by atoms with E-state index in [-0.39, 0.29) is 5.60 Å². The largest absolute Gasteiger partial charge is 0.390 e. The molecule has 0 saturated heterocycles. The molecule has 1 aliphatic rings. The van der Waals surface area contributed by atoms with E-state index < -0.39 is 0 Å². The topological polar surface area (TPSA) is 20.2 Å². The molecule has 0 spiro atoms. The lowest BCUT2D eigenvalue weighted by Crippen LogP contribution is -2.30. The fourth-order valence-electron chi connectivity index (χ4n) is 2.10. The molecule has 0 aliphatic heterocycles. The van der Waals surface area contributed by atoms with Crippen molar-refractivity contribution in [1.82, 2.24) is 0 Å². The van der Waals surface area contributed by atoms with Gasteiger partial charge in [0, 0.05) is 0 Å². The van der Waals surface area contributed by atoms with Crippen LogP contribution in [0, 0.1) is 0 Å². The van der Waals surface area contributed by atoms with Crippen molar-refractivity contribution in [1.29, 1.82) is 0 Å². The normalized spacial score (nSPS) is 22.3. The smallest absolute Gasteiger partial charge is 0.0650 e. The van der Waals surface area contributed by atoms with E-state index >= 15 is 0 Å². The summed E-state index contributed by atoms with van der Waals surface area (Å²) in [6.07, 6.45) is 13.3. The Balaban J connectivity index is 2.21. The maximum atomic E-state index is 10.1. The van der Waals surface area contributed by atoms with E-state index in [4.69, 9.17) is 0 Å². The van der Waals surface area contributed by atoms with Crippen LogP contribution in [0.2, 0.25) is 0 Å². The number of hydrogen-bond acceptors (Lipinski definition) is 1. The Labute approximate surface area is 81.9 Å². The SMILES string of the molecule is CC/C=C/CCC1(O)CCCCC1. The average molecular weight is 182 g/mol. The van der Waals surface area contributed by atoms with Gasteiger partial charge in [-0.25, -0.2) is 0 Å². The highest BCUT2D eigenvalue weighted by molar-refractivity contribution is 4.87. The van der Waals surface area contributed by atoms with Gasteiger partial charge in [0.15, 0.2) is 0 Å². The van der Waals surface area contributed by atoms with Gasteiger partial charge in [0.1, 0.15) is 0 Å². The minimum Gasteiger partial charge on any atom is -0.390 e. The predicted octanol–water partition coefficient (Wildman–Crippen LogP) is 3.43. The van der Waals surface area contributed by atoms with Crippen LogP contribution in [-0.2, 0) is 0 Å². The first-order valence-corrected chi connectivity index (χ1v) is 5.64. The van der Waals surface area contributed by atoms with Crippen LogP contribution in [0.5, 0.6) is 0 Å². The van der Waals surface area contributed by atoms with Gasteiger partial charge in [0.25, 0.3) is 0 Å². The lowest BCUT2D eigenvalue weighted by atomic mass is 9.82. The van der Waals surface area contributed by atoms with Gasteiger partial charge < -0.3 is 5.11 Å². The zero-order chi connectivity index (χ0) is 9.57. The summed E-state index contributed by atoms with van der Waals surface area (Å²) < 4.78 is 0. The van der Waals surface area contributed by atoms with Crippen LogP contribution in [0.15, 0.2) is 12.2 Å². The van der Waals surface area contributed by atoms with E-state index in [1.54, 1.807) is 0 Å². The molecule has 0 aromatic carbocycles. The van der Waals surface area contributed by atoms with Crippen molar-refractivity contribution < 1.29 is 5.11 Å². The Morgan fingerprint density at radius 2 is 1.85 bits per heavy atom. The minimum absolute atomic E-state index is 0.323. The highest BCUT2D eigenvalue weighted by Crippen LogP contribution is 2.31. The first-order chi connectivity index (χ1) is 6.27. The molecule has 0 heterocycles. The van der Waals surface area contributed by atoms with Crippen LogP contribution >= 0.6 is 0 Å². The standard InChI is InChI=1S/C12H22O/c1-2-3-4-6-9-12(13)10-7-5-8-11-12/h3-4,13H,2,5-11H2,1H3/b4-3+. The molecule has 1 heteroatoms. The number of rotatable bonds is 4. The Bertz CT molecular complexity index is 155. The van der Waals surface area contributed by atoms with Crippen molar-refractivity contribution in [2.24, 2.45) is 0 Å². The Hall–Kier alpha value is -0.300. The third-order valence-corrected chi connectivity index (χ3v) is 2.96. The maximum absolute atomic E-state index is 10.1. The highest BCUT2D eigenvalue weighted by atomic mass is 16.3. The first-order valence-electron chi connectivity index (χ1n) is 5.64. The van der Waals surface area contributed by atoms with Crippen LogP contribution in [-0.4, -0.2) is 10.7 Å². The summed E-state index contributed by atoms with van der Waals surface area (Å²) in [4.78, 5) is 0. The van der Waals surface area contributed by atoms with Gasteiger partial charge in [-0.1, -0.05) is 38.3 Å². The molecule has 13 heavy (non-hydrogen) atoms. The second-order valence-corrected chi connectivity index (χ2v) is 4.20. The van der Waals surface area contributed by atoms with Gasteiger partial charge in [0.05, 0.1) is 5.60 Å². The van der Waals surface area contributed by atoms with Crippen molar-refractivity contribution in [3.8, 4) is 0 Å². The molecule has 1 nitrogen and oxygen atoms in total. The van der Waals surface area contributed by atoms with Crippen molar-refractivity contribution in [3.05, 3.63) is 12.2 Å². The van der Waals surface area contributed by atoms with E-state index in [0.29, 0.717) is 0 Å². The van der Waals surface area contributed by atoms with Crippen LogP contribution in [0.3, 0.4) is 0 Å². The van der Waals surface area contributed by atoms with Crippen LogP contribution in [0.4, 0.5) is 0 Å². The van der Waals surface area contributed by atoms with Crippen molar-refractivity contribution in [2.45, 2.75) is 63.9 Å². The van der Waals surface area contributed by atoms with Crippen LogP contribution < -0.4 is 0 Å². The highest BCUT2D eigenvalue weighted by Gasteiger charge is 2.27. The van der Waals surface area contributed by atoms with Crippen molar-refractivity contribution >= 4 is 0 Å². The van der Waals surface area contributed by atoms with Crippen LogP contribution in [0.25, 0.3) is 0 Å². The zero-order valence-electron chi connectivity index (χ0n) is 8.76. The molecule has 1 aliphatic carbocycles. The van der Waals surface area contributed by atoms with E-state index in [0.717, 1.165) is 32.1 Å². The predicted molar refractivity (Wildman–Crippen MR) is 56.7 cm³/mol. The maximum Gasteiger partial charge on any atom is 0.0650 e. The van der Waals surface area contributed by atoms with Gasteiger partial charge in [0.2, 0.25) is 0 Å². The van der Waals surface area contributed by atoms with E-state index in [1.807, 2.05) is 0 Å². The Morgan fingerprint density at radius 3 is 2.46 bits per heavy atom. The monoisotopic (exact) mass is 182 g/mol. The molecule has 1 saturated carbocycles. The van der Waals surface area contributed by atoms with Crippen molar-refractivity contribution in [3.63, 3.8) is 0 Å². The fourth-order valence-corrected chi connectivity index (χ4v) is 2.10. The van der Waals surface area contributed by atoms with Gasteiger partial charge >= 0.3 is 0 Å². The third-order valence-electron chi connectivity index (χ3n) is 2.96. The van der Waals surface area contributed by atoms with E-state index in [9.17, 15) is 5.11 Å². The molecule has 1 rings (SSSR count). The lowest BCUT2D eigenvalue weighted by molar-refractivity contribution is -0.00283. The van der Waals surface area contributed by atoms with E-state index in [2.05, 4.69) is 19.1 Å². The fraction of sp³-hybridized carbons (Fsp3) is 0.833. The zero-order valence-corrected chi connectivity index (χ0v) is 8.76. The number of allylic oxidation sites excluding steroid dienone is 2. The van der Waals surface area contributed by atoms with E-state index in [1.165, 1.54) is 19.3 Å². The summed E-state index contributed by atoms with van der Waals surface area (Å²) in [5, 5.41) is 10.1. The molecule has 76 valence electrons. The molecule has 0 aromatic rings. The molecule has 0 unspecified atom stereocenters. The second-order valence-electron chi connectivity index (χ2n) is 4.20. The van der Waals surface area contributed by atoms with Gasteiger partial charge in [-0.15, -0.1) is 0 Å². The van der Waals surface area contributed by atoms with Gasteiger partial charge in [-0.2, -0.15) is 0 Å². The lowest BCUT2D eigenvalue weighted by Gasteiger charge is -2.31. The average Bonchev–Trinajstić information content (AvgIpc) is 2.14. The molecular formula is C12H22O. The van der Waals surface area contributed by atoms with Gasteiger partial charge in [-0.3, -0.25) is 0 Å². The van der Waals surface area contributed by atoms with Crippen molar-refractivity contribution in [2.75, 3.05) is 0 Å². The first kappa shape index (κ1) is 10.8. The molecule has 0 atom stereocenters. The number of aliphatic hydroxyl groups is 1. The molecule has 1 N–H and O–H groups in total. The second kappa shape index (κ2) is 5.43. The molecule has 1 fully saturated rings. The summed E-state index contributed by atoms with van der Waals surface area (Å²) in [7, 11) is 0. The quantitative estimate of drug-likeness (QED) is 0.660. The van der Waals surface area contributed by atoms with Crippen LogP contribution in [0.1, 0.15) is 58.3 Å². The minimum atomic E-state index is -0.323. The summed E-state index contributed by atoms with van der Waals surface area (Å²) in [6.45, 7) is 2.14.